The van der Waals surface area contributed by atoms with Crippen LogP contribution >= 0.6 is 0 Å². The second-order valence-electron chi connectivity index (χ2n) is 5.72. The number of ether oxygens (including phenoxy) is 1. The molecule has 3 rings (SSSR count). The summed E-state index contributed by atoms with van der Waals surface area (Å²) in [5.41, 5.74) is 5.69. The molecule has 0 amide bonds. The Morgan fingerprint density at radius 2 is 2.24 bits per heavy atom. The fourth-order valence-electron chi connectivity index (χ4n) is 2.96. The molecule has 130 valence electrons. The Morgan fingerprint density at radius 1 is 1.48 bits per heavy atom. The van der Waals surface area contributed by atoms with Gasteiger partial charge in [-0.25, -0.2) is 14.3 Å². The van der Waals surface area contributed by atoms with Gasteiger partial charge in [-0.1, -0.05) is 5.92 Å². The normalized spacial score (nSPS) is 24.1. The Bertz CT molecular complexity index is 935. The van der Waals surface area contributed by atoms with E-state index in [1.54, 1.807) is 0 Å². The Labute approximate surface area is 143 Å². The fourth-order valence-corrected chi connectivity index (χ4v) is 2.96. The molecule has 9 nitrogen and oxygen atoms in total. The van der Waals surface area contributed by atoms with Crippen LogP contribution in [0.1, 0.15) is 19.1 Å². The summed E-state index contributed by atoms with van der Waals surface area (Å²) in [4.78, 5) is 20.7. The van der Waals surface area contributed by atoms with Crippen LogP contribution in [0.25, 0.3) is 11.2 Å². The van der Waals surface area contributed by atoms with Crippen molar-refractivity contribution in [3.05, 3.63) is 16.7 Å². The van der Waals surface area contributed by atoms with E-state index in [4.69, 9.17) is 23.3 Å². The highest BCUT2D eigenvalue weighted by atomic mass is 16.5. The number of hydrogen-bond donors (Lipinski definition) is 3. The summed E-state index contributed by atoms with van der Waals surface area (Å²) in [7, 11) is 0. The van der Waals surface area contributed by atoms with E-state index in [1.807, 2.05) is 0 Å². The number of fused-ring (bicyclic) bond motifs is 1. The van der Waals surface area contributed by atoms with E-state index in [0.717, 1.165) is 0 Å². The van der Waals surface area contributed by atoms with Crippen molar-refractivity contribution in [2.75, 3.05) is 5.73 Å². The molecule has 4 N–H and O–H groups in total. The van der Waals surface area contributed by atoms with E-state index in [1.165, 1.54) is 15.3 Å². The van der Waals surface area contributed by atoms with Gasteiger partial charge in [0.15, 0.2) is 11.9 Å². The van der Waals surface area contributed by atoms with Gasteiger partial charge in [-0.15, -0.1) is 18.8 Å². The van der Waals surface area contributed by atoms with Gasteiger partial charge < -0.3 is 20.7 Å². The Morgan fingerprint density at radius 3 is 2.92 bits per heavy atom. The van der Waals surface area contributed by atoms with Crippen LogP contribution in [0.3, 0.4) is 0 Å². The Hall–Kier alpha value is -2.85. The monoisotopic (exact) mass is 343 g/mol. The molecule has 1 saturated heterocycles. The third kappa shape index (κ3) is 2.85. The lowest BCUT2D eigenvalue weighted by Gasteiger charge is -2.18. The maximum Gasteiger partial charge on any atom is 0.333 e. The van der Waals surface area contributed by atoms with Crippen molar-refractivity contribution in [1.29, 1.82) is 0 Å². The number of aliphatic hydroxyl groups is 2. The van der Waals surface area contributed by atoms with Crippen molar-refractivity contribution in [2.45, 2.75) is 43.9 Å². The first kappa shape index (κ1) is 17.0. The fraction of sp³-hybridized carbons (Fsp3) is 0.438. The number of rotatable bonds is 4. The highest BCUT2D eigenvalue weighted by Gasteiger charge is 2.40. The molecule has 1 aliphatic rings. The van der Waals surface area contributed by atoms with Crippen LogP contribution in [-0.4, -0.2) is 47.6 Å². The van der Waals surface area contributed by atoms with Crippen LogP contribution in [0.2, 0.25) is 0 Å². The highest BCUT2D eigenvalue weighted by molar-refractivity contribution is 5.72. The summed E-state index contributed by atoms with van der Waals surface area (Å²) in [6.45, 7) is 0.00156. The first-order valence-corrected chi connectivity index (χ1v) is 7.59. The number of nitrogen functional groups attached to an aromatic ring is 1. The third-order valence-electron chi connectivity index (χ3n) is 4.10. The molecule has 3 heterocycles. The molecule has 1 fully saturated rings. The van der Waals surface area contributed by atoms with Gasteiger partial charge in [0, 0.05) is 12.8 Å². The van der Waals surface area contributed by atoms with Crippen LogP contribution in [0.5, 0.6) is 0 Å². The molecule has 25 heavy (non-hydrogen) atoms. The minimum Gasteiger partial charge on any atom is -0.389 e. The average molecular weight is 343 g/mol. The van der Waals surface area contributed by atoms with Crippen LogP contribution in [-0.2, 0) is 11.3 Å². The number of nitrogens with zero attached hydrogens (tertiary/aromatic N) is 4. The zero-order valence-corrected chi connectivity index (χ0v) is 13.2. The van der Waals surface area contributed by atoms with Crippen molar-refractivity contribution in [2.24, 2.45) is 0 Å². The molecular formula is C16H17N5O4. The minimum atomic E-state index is -1.04. The molecule has 2 aromatic heterocycles. The molecule has 1 aliphatic heterocycles. The second kappa shape index (κ2) is 6.57. The molecule has 0 spiro atoms. The zero-order chi connectivity index (χ0) is 18.1. The minimum absolute atomic E-state index is 0.00156. The van der Waals surface area contributed by atoms with E-state index < -0.39 is 30.2 Å². The summed E-state index contributed by atoms with van der Waals surface area (Å²) >= 11 is 0. The van der Waals surface area contributed by atoms with Crippen LogP contribution < -0.4 is 11.4 Å². The van der Waals surface area contributed by atoms with Crippen molar-refractivity contribution in [1.82, 2.24) is 19.1 Å². The van der Waals surface area contributed by atoms with Gasteiger partial charge >= 0.3 is 5.69 Å². The molecular weight excluding hydrogens is 326 g/mol. The number of anilines is 1. The van der Waals surface area contributed by atoms with E-state index >= 15 is 0 Å². The number of hydrogen-bond acceptors (Lipinski definition) is 7. The number of aromatic nitrogens is 4. The number of terminal acetylenes is 2. The average Bonchev–Trinajstić information content (AvgIpc) is 3.06. The smallest absolute Gasteiger partial charge is 0.333 e. The van der Waals surface area contributed by atoms with Crippen molar-refractivity contribution < 1.29 is 14.9 Å². The lowest BCUT2D eigenvalue weighted by atomic mass is 10.1. The first-order chi connectivity index (χ1) is 12.0. The summed E-state index contributed by atoms with van der Waals surface area (Å²) in [6, 6.07) is 0. The lowest BCUT2D eigenvalue weighted by molar-refractivity contribution is -0.0740. The number of aliphatic hydroxyl groups excluding tert-OH is 2. The van der Waals surface area contributed by atoms with Gasteiger partial charge in [-0.3, -0.25) is 4.57 Å². The molecule has 9 heteroatoms. The van der Waals surface area contributed by atoms with Gasteiger partial charge in [0.1, 0.15) is 11.6 Å². The molecule has 0 unspecified atom stereocenters. The largest absolute Gasteiger partial charge is 0.389 e. The molecule has 2 aromatic rings. The lowest BCUT2D eigenvalue weighted by Crippen LogP contribution is -2.32. The summed E-state index contributed by atoms with van der Waals surface area (Å²) < 4.78 is 8.16. The third-order valence-corrected chi connectivity index (χ3v) is 4.10. The first-order valence-electron chi connectivity index (χ1n) is 7.59. The molecule has 0 saturated carbocycles. The summed E-state index contributed by atoms with van der Waals surface area (Å²) in [5.74, 6) is 4.70. The summed E-state index contributed by atoms with van der Waals surface area (Å²) in [6.07, 6.45) is 8.38. The molecule has 0 radical (unpaired) electrons. The van der Waals surface area contributed by atoms with Crippen molar-refractivity contribution in [3.8, 4) is 24.7 Å². The van der Waals surface area contributed by atoms with Gasteiger partial charge in [-0.2, -0.15) is 4.98 Å². The SMILES string of the molecule is C#CC[C@H](O)[C@@H]1C[C@@H](O)[C@H](n2c(=O)n(CC#C)c3cnc(N)nc32)O1. The number of imidazole rings is 1. The van der Waals surface area contributed by atoms with E-state index in [0.29, 0.717) is 5.52 Å². The molecule has 0 bridgehead atoms. The zero-order valence-electron chi connectivity index (χ0n) is 13.2. The van der Waals surface area contributed by atoms with Gasteiger partial charge in [0.05, 0.1) is 24.9 Å². The van der Waals surface area contributed by atoms with Crippen molar-refractivity contribution in [3.63, 3.8) is 0 Å². The molecule has 4 atom stereocenters. The quantitative estimate of drug-likeness (QED) is 0.597. The maximum atomic E-state index is 12.8. The molecule has 0 aromatic carbocycles. The second-order valence-corrected chi connectivity index (χ2v) is 5.72. The van der Waals surface area contributed by atoms with Gasteiger partial charge in [0.2, 0.25) is 5.95 Å². The van der Waals surface area contributed by atoms with E-state index in [9.17, 15) is 15.0 Å². The predicted octanol–water partition coefficient (Wildman–Crippen LogP) is -1.16. The Balaban J connectivity index is 2.08. The van der Waals surface area contributed by atoms with Crippen LogP contribution in [0.15, 0.2) is 11.0 Å². The Kier molecular flexibility index (Phi) is 4.47. The van der Waals surface area contributed by atoms with E-state index in [-0.39, 0.29) is 31.0 Å². The van der Waals surface area contributed by atoms with Crippen molar-refractivity contribution >= 4 is 17.1 Å². The standard InChI is InChI=1S/C16H17N5O4/c1-3-5-10(22)12-7-11(23)14(25-12)21-13-9(8-18-15(17)19-13)20(6-4-2)16(21)24/h1-2,8,10-12,14,22-23H,5-7H2,(H2,17,18,19)/t10-,11+,12-,14+/m0/s1. The number of nitrogens with two attached hydrogens (primary N) is 1. The summed E-state index contributed by atoms with van der Waals surface area (Å²) in [5, 5.41) is 20.4. The molecule has 0 aliphatic carbocycles. The maximum absolute atomic E-state index is 12.8. The van der Waals surface area contributed by atoms with Crippen LogP contribution in [0, 0.1) is 24.7 Å². The van der Waals surface area contributed by atoms with Gasteiger partial charge in [-0.05, 0) is 0 Å². The topological polar surface area (TPSA) is 128 Å². The predicted molar refractivity (Wildman–Crippen MR) is 89.0 cm³/mol. The van der Waals surface area contributed by atoms with E-state index in [2.05, 4.69) is 21.8 Å². The van der Waals surface area contributed by atoms with Gasteiger partial charge in [0.25, 0.3) is 0 Å². The highest BCUT2D eigenvalue weighted by Crippen LogP contribution is 2.32. The van der Waals surface area contributed by atoms with Crippen LogP contribution in [0.4, 0.5) is 5.95 Å².